The Bertz CT molecular complexity index is 344. The number of hydrogen-bond acceptors (Lipinski definition) is 4. The van der Waals surface area contributed by atoms with Crippen LogP contribution in [0.4, 0.5) is 0 Å². The Morgan fingerprint density at radius 3 is 1.93 bits per heavy atom. The molecule has 0 saturated carbocycles. The van der Waals surface area contributed by atoms with E-state index in [2.05, 4.69) is 11.7 Å². The van der Waals surface area contributed by atoms with Crippen LogP contribution in [0.15, 0.2) is 45.6 Å². The van der Waals surface area contributed by atoms with Crippen LogP contribution >= 0.6 is 22.5 Å². The normalized spacial score (nSPS) is 11.9. The summed E-state index contributed by atoms with van der Waals surface area (Å²) in [6.07, 6.45) is 3.31. The van der Waals surface area contributed by atoms with Crippen LogP contribution in [0.1, 0.15) is 18.4 Å². The first-order chi connectivity index (χ1) is 6.77. The second-order valence-electron chi connectivity index (χ2n) is 3.08. The average Bonchev–Trinajstić information content (AvgIpc) is 2.88. The first-order valence-corrected chi connectivity index (χ1v) is 6.05. The Kier molecular flexibility index (Phi) is 2.65. The van der Waals surface area contributed by atoms with Gasteiger partial charge in [-0.2, -0.15) is 0 Å². The second kappa shape index (κ2) is 3.79. The fraction of sp³-hybridized carbons (Fsp3) is 0.200. The lowest BCUT2D eigenvalue weighted by Gasteiger charge is -2.21. The van der Waals surface area contributed by atoms with Gasteiger partial charge in [-0.05, 0) is 31.2 Å². The first kappa shape index (κ1) is 9.80. The molecule has 0 aliphatic carbocycles. The molecule has 0 saturated heterocycles. The Morgan fingerprint density at radius 2 is 1.64 bits per heavy atom. The predicted molar refractivity (Wildman–Crippen MR) is 60.4 cm³/mol. The van der Waals surface area contributed by atoms with Crippen molar-refractivity contribution in [3.8, 4) is 0 Å². The number of hydrogen-bond donors (Lipinski definition) is 1. The Labute approximate surface area is 91.5 Å². The van der Waals surface area contributed by atoms with Gasteiger partial charge >= 0.3 is 0 Å². The van der Waals surface area contributed by atoms with Crippen LogP contribution in [0.25, 0.3) is 0 Å². The molecule has 0 atom stereocenters. The zero-order valence-electron chi connectivity index (χ0n) is 7.64. The molecular formula is C10H10O2S2. The van der Waals surface area contributed by atoms with Gasteiger partial charge in [-0.1, -0.05) is 10.8 Å². The van der Waals surface area contributed by atoms with Crippen molar-refractivity contribution in [2.24, 2.45) is 0 Å². The second-order valence-corrected chi connectivity index (χ2v) is 4.63. The summed E-state index contributed by atoms with van der Waals surface area (Å²) in [6, 6.07) is 7.57. The maximum atomic E-state index is 5.38. The van der Waals surface area contributed by atoms with Crippen molar-refractivity contribution < 1.29 is 8.83 Å². The summed E-state index contributed by atoms with van der Waals surface area (Å²) in [5.74, 6) is 1.68. The van der Waals surface area contributed by atoms with Crippen molar-refractivity contribution in [3.05, 3.63) is 48.3 Å². The van der Waals surface area contributed by atoms with Crippen molar-refractivity contribution in [3.63, 3.8) is 0 Å². The third-order valence-electron chi connectivity index (χ3n) is 2.17. The van der Waals surface area contributed by atoms with Crippen molar-refractivity contribution in [2.75, 3.05) is 0 Å². The van der Waals surface area contributed by atoms with Crippen molar-refractivity contribution in [1.82, 2.24) is 0 Å². The molecular weight excluding hydrogens is 216 g/mol. The van der Waals surface area contributed by atoms with Crippen LogP contribution in [-0.4, -0.2) is 0 Å². The highest BCUT2D eigenvalue weighted by Crippen LogP contribution is 2.44. The highest BCUT2D eigenvalue weighted by molar-refractivity contribution is 8.69. The summed E-state index contributed by atoms with van der Waals surface area (Å²) in [5, 5.41) is 0. The summed E-state index contributed by atoms with van der Waals surface area (Å²) < 4.78 is 10.4. The maximum Gasteiger partial charge on any atom is 0.138 e. The van der Waals surface area contributed by atoms with Crippen molar-refractivity contribution in [2.45, 2.75) is 11.7 Å². The van der Waals surface area contributed by atoms with Crippen LogP contribution in [0.3, 0.4) is 0 Å². The fourth-order valence-corrected chi connectivity index (χ4v) is 2.26. The molecule has 0 aromatic carbocycles. The van der Waals surface area contributed by atoms with E-state index in [-0.39, 0.29) is 4.75 Å². The smallest absolute Gasteiger partial charge is 0.138 e. The summed E-state index contributed by atoms with van der Waals surface area (Å²) in [6.45, 7) is 2.02. The molecule has 0 unspecified atom stereocenters. The highest BCUT2D eigenvalue weighted by atomic mass is 33.1. The molecule has 0 radical (unpaired) electrons. The van der Waals surface area contributed by atoms with Crippen LogP contribution in [0.5, 0.6) is 0 Å². The predicted octanol–water partition coefficient (Wildman–Crippen LogP) is 3.71. The molecule has 2 aromatic rings. The Hall–Kier alpha value is -0.740. The van der Waals surface area contributed by atoms with E-state index in [0.29, 0.717) is 0 Å². The number of furan rings is 2. The first-order valence-electron chi connectivity index (χ1n) is 4.18. The van der Waals surface area contributed by atoms with E-state index in [9.17, 15) is 0 Å². The minimum Gasteiger partial charge on any atom is -0.467 e. The molecule has 0 bridgehead atoms. The zero-order chi connectivity index (χ0) is 10.0. The molecule has 0 aliphatic rings. The molecule has 4 heteroatoms. The van der Waals surface area contributed by atoms with E-state index in [0.717, 1.165) is 11.5 Å². The van der Waals surface area contributed by atoms with Gasteiger partial charge in [0.25, 0.3) is 0 Å². The highest BCUT2D eigenvalue weighted by Gasteiger charge is 2.34. The largest absolute Gasteiger partial charge is 0.467 e. The summed E-state index contributed by atoms with van der Waals surface area (Å²) in [4.78, 5) is 0. The summed E-state index contributed by atoms with van der Waals surface area (Å²) in [7, 11) is 1.39. The molecule has 0 N–H and O–H groups in total. The molecule has 2 nitrogen and oxygen atoms in total. The van der Waals surface area contributed by atoms with Crippen LogP contribution in [-0.2, 0) is 4.75 Å². The molecule has 74 valence electrons. The fourth-order valence-electron chi connectivity index (χ4n) is 1.31. The number of rotatable bonds is 3. The molecule has 0 spiro atoms. The van der Waals surface area contributed by atoms with Gasteiger partial charge in [-0.15, -0.1) is 11.7 Å². The van der Waals surface area contributed by atoms with Gasteiger partial charge < -0.3 is 8.83 Å². The zero-order valence-corrected chi connectivity index (χ0v) is 9.35. The van der Waals surface area contributed by atoms with Gasteiger partial charge in [0.2, 0.25) is 0 Å². The quantitative estimate of drug-likeness (QED) is 0.638. The minimum atomic E-state index is -0.365. The van der Waals surface area contributed by atoms with E-state index >= 15 is 0 Å². The van der Waals surface area contributed by atoms with Gasteiger partial charge in [0.15, 0.2) is 0 Å². The van der Waals surface area contributed by atoms with Gasteiger partial charge in [-0.3, -0.25) is 0 Å². The van der Waals surface area contributed by atoms with E-state index in [1.165, 1.54) is 10.8 Å². The molecule has 2 heterocycles. The lowest BCUT2D eigenvalue weighted by atomic mass is 10.1. The molecule has 0 fully saturated rings. The monoisotopic (exact) mass is 226 g/mol. The lowest BCUT2D eigenvalue weighted by Crippen LogP contribution is -2.15. The molecule has 0 aliphatic heterocycles. The van der Waals surface area contributed by atoms with E-state index in [1.807, 2.05) is 31.2 Å². The van der Waals surface area contributed by atoms with Gasteiger partial charge in [0.1, 0.15) is 16.3 Å². The molecule has 2 rings (SSSR count). The lowest BCUT2D eigenvalue weighted by molar-refractivity contribution is 0.421. The van der Waals surface area contributed by atoms with Crippen molar-refractivity contribution in [1.29, 1.82) is 0 Å². The van der Waals surface area contributed by atoms with E-state index in [4.69, 9.17) is 8.83 Å². The molecule has 2 aromatic heterocycles. The Morgan fingerprint density at radius 1 is 1.14 bits per heavy atom. The van der Waals surface area contributed by atoms with Gasteiger partial charge in [0, 0.05) is 0 Å². The van der Waals surface area contributed by atoms with Crippen LogP contribution in [0, 0.1) is 0 Å². The summed E-state index contributed by atoms with van der Waals surface area (Å²) in [5.41, 5.74) is 0. The third kappa shape index (κ3) is 1.48. The van der Waals surface area contributed by atoms with E-state index < -0.39 is 0 Å². The topological polar surface area (TPSA) is 26.3 Å². The van der Waals surface area contributed by atoms with Gasteiger partial charge in [0.05, 0.1) is 12.5 Å². The third-order valence-corrected chi connectivity index (χ3v) is 4.03. The average molecular weight is 226 g/mol. The molecule has 14 heavy (non-hydrogen) atoms. The van der Waals surface area contributed by atoms with Crippen LogP contribution in [0.2, 0.25) is 0 Å². The minimum absolute atomic E-state index is 0.365. The standard InChI is InChI=1S/C10H10O2S2/c1-10(14-13,8-4-2-6-11-8)9-5-3-7-12-9/h2-7,13H,1H3. The number of thiol groups is 1. The maximum absolute atomic E-state index is 5.38. The summed E-state index contributed by atoms with van der Waals surface area (Å²) >= 11 is 4.27. The van der Waals surface area contributed by atoms with E-state index in [1.54, 1.807) is 12.5 Å². The SMILES string of the molecule is CC(SS)(c1ccco1)c1ccco1. The molecule has 0 amide bonds. The van der Waals surface area contributed by atoms with Crippen LogP contribution < -0.4 is 0 Å². The van der Waals surface area contributed by atoms with Crippen molar-refractivity contribution >= 4 is 22.5 Å². The van der Waals surface area contributed by atoms with Gasteiger partial charge in [-0.25, -0.2) is 0 Å². The Balaban J connectivity index is 2.45.